The number of rotatable bonds is 5. The van der Waals surface area contributed by atoms with Gasteiger partial charge in [0.25, 0.3) is 5.91 Å². The molecule has 2 aromatic rings. The first kappa shape index (κ1) is 15.5. The van der Waals surface area contributed by atoms with Crippen molar-refractivity contribution in [1.29, 1.82) is 0 Å². The standard InChI is InChI=1S/C16H17N3O3/c1-2-22-16(21)19-14-5-3-4-13(10-14)15(20)18-11-12-6-8-17-9-7-12/h3-10H,2,11H2,1H3,(H,18,20)(H,19,21). The third kappa shape index (κ3) is 4.59. The Bertz CT molecular complexity index is 644. The lowest BCUT2D eigenvalue weighted by Crippen LogP contribution is -2.23. The smallest absolute Gasteiger partial charge is 0.411 e. The molecule has 0 aliphatic heterocycles. The third-order valence-corrected chi connectivity index (χ3v) is 2.85. The van der Waals surface area contributed by atoms with Gasteiger partial charge in [-0.2, -0.15) is 0 Å². The van der Waals surface area contributed by atoms with E-state index in [2.05, 4.69) is 15.6 Å². The van der Waals surface area contributed by atoms with Gasteiger partial charge in [0, 0.05) is 30.2 Å². The van der Waals surface area contributed by atoms with Gasteiger partial charge < -0.3 is 10.1 Å². The molecule has 1 aromatic carbocycles. The number of hydrogen-bond acceptors (Lipinski definition) is 4. The van der Waals surface area contributed by atoms with Gasteiger partial charge in [0.05, 0.1) is 6.61 Å². The van der Waals surface area contributed by atoms with Crippen molar-refractivity contribution < 1.29 is 14.3 Å². The Labute approximate surface area is 128 Å². The molecule has 6 nitrogen and oxygen atoms in total. The van der Waals surface area contributed by atoms with Gasteiger partial charge in [0.2, 0.25) is 0 Å². The van der Waals surface area contributed by atoms with Crippen molar-refractivity contribution in [2.45, 2.75) is 13.5 Å². The number of pyridine rings is 1. The summed E-state index contributed by atoms with van der Waals surface area (Å²) in [6, 6.07) is 10.3. The first-order valence-corrected chi connectivity index (χ1v) is 6.90. The Hall–Kier alpha value is -2.89. The minimum Gasteiger partial charge on any atom is -0.450 e. The largest absolute Gasteiger partial charge is 0.450 e. The van der Waals surface area contributed by atoms with Gasteiger partial charge in [0.1, 0.15) is 0 Å². The molecule has 0 spiro atoms. The molecule has 0 saturated carbocycles. The normalized spacial score (nSPS) is 9.86. The maximum Gasteiger partial charge on any atom is 0.411 e. The zero-order valence-corrected chi connectivity index (χ0v) is 12.2. The molecule has 22 heavy (non-hydrogen) atoms. The van der Waals surface area contributed by atoms with E-state index in [1.54, 1.807) is 43.6 Å². The predicted octanol–water partition coefficient (Wildman–Crippen LogP) is 2.58. The number of amides is 2. The number of ether oxygens (including phenoxy) is 1. The summed E-state index contributed by atoms with van der Waals surface area (Å²) in [6.45, 7) is 2.43. The molecule has 0 fully saturated rings. The molecule has 0 unspecified atom stereocenters. The average Bonchev–Trinajstić information content (AvgIpc) is 2.54. The van der Waals surface area contributed by atoms with Crippen LogP contribution in [0.15, 0.2) is 48.8 Å². The quantitative estimate of drug-likeness (QED) is 0.889. The van der Waals surface area contributed by atoms with Crippen molar-refractivity contribution in [3.8, 4) is 0 Å². The van der Waals surface area contributed by atoms with Crippen LogP contribution in [0.3, 0.4) is 0 Å². The number of anilines is 1. The van der Waals surface area contributed by atoms with Crippen molar-refractivity contribution >= 4 is 17.7 Å². The minimum absolute atomic E-state index is 0.218. The average molecular weight is 299 g/mol. The summed E-state index contributed by atoms with van der Waals surface area (Å²) in [5.74, 6) is -0.218. The van der Waals surface area contributed by atoms with E-state index in [0.717, 1.165) is 5.56 Å². The number of carbonyl (C=O) groups is 2. The fourth-order valence-electron chi connectivity index (χ4n) is 1.81. The van der Waals surface area contributed by atoms with Crippen molar-refractivity contribution in [3.05, 3.63) is 59.9 Å². The highest BCUT2D eigenvalue weighted by Gasteiger charge is 2.08. The van der Waals surface area contributed by atoms with Crippen LogP contribution in [0.4, 0.5) is 10.5 Å². The lowest BCUT2D eigenvalue weighted by Gasteiger charge is -2.08. The maximum absolute atomic E-state index is 12.1. The highest BCUT2D eigenvalue weighted by atomic mass is 16.5. The second-order valence-electron chi connectivity index (χ2n) is 4.46. The highest BCUT2D eigenvalue weighted by molar-refractivity contribution is 5.96. The summed E-state index contributed by atoms with van der Waals surface area (Å²) in [5.41, 5.74) is 1.93. The number of nitrogens with one attached hydrogen (secondary N) is 2. The summed E-state index contributed by atoms with van der Waals surface area (Å²) in [7, 11) is 0. The molecule has 1 aromatic heterocycles. The van der Waals surface area contributed by atoms with Crippen LogP contribution < -0.4 is 10.6 Å². The molecule has 0 aliphatic rings. The van der Waals surface area contributed by atoms with Crippen LogP contribution in [-0.4, -0.2) is 23.6 Å². The molecule has 2 N–H and O–H groups in total. The number of nitrogens with zero attached hydrogens (tertiary/aromatic N) is 1. The summed E-state index contributed by atoms with van der Waals surface area (Å²) in [4.78, 5) is 27.4. The van der Waals surface area contributed by atoms with Crippen LogP contribution in [0.1, 0.15) is 22.8 Å². The van der Waals surface area contributed by atoms with Gasteiger partial charge in [0.15, 0.2) is 0 Å². The Balaban J connectivity index is 1.96. The van der Waals surface area contributed by atoms with Crippen LogP contribution in [0, 0.1) is 0 Å². The molecule has 0 bridgehead atoms. The van der Waals surface area contributed by atoms with E-state index in [1.165, 1.54) is 0 Å². The first-order chi connectivity index (χ1) is 10.7. The van der Waals surface area contributed by atoms with Gasteiger partial charge in [-0.25, -0.2) is 4.79 Å². The maximum atomic E-state index is 12.1. The molecular formula is C16H17N3O3. The number of hydrogen-bond donors (Lipinski definition) is 2. The molecule has 0 radical (unpaired) electrons. The van der Waals surface area contributed by atoms with Crippen molar-refractivity contribution in [3.63, 3.8) is 0 Å². The molecule has 2 rings (SSSR count). The molecular weight excluding hydrogens is 282 g/mol. The van der Waals surface area contributed by atoms with Crippen molar-refractivity contribution in [2.75, 3.05) is 11.9 Å². The van der Waals surface area contributed by atoms with Crippen molar-refractivity contribution in [1.82, 2.24) is 10.3 Å². The van der Waals surface area contributed by atoms with E-state index in [9.17, 15) is 9.59 Å². The second-order valence-corrected chi connectivity index (χ2v) is 4.46. The molecule has 1 heterocycles. The molecule has 0 aliphatic carbocycles. The first-order valence-electron chi connectivity index (χ1n) is 6.90. The van der Waals surface area contributed by atoms with E-state index in [0.29, 0.717) is 17.8 Å². The summed E-state index contributed by atoms with van der Waals surface area (Å²) in [6.07, 6.45) is 2.80. The fourth-order valence-corrected chi connectivity index (χ4v) is 1.81. The van der Waals surface area contributed by atoms with Gasteiger partial charge >= 0.3 is 6.09 Å². The Morgan fingerprint density at radius 1 is 1.18 bits per heavy atom. The summed E-state index contributed by atoms with van der Waals surface area (Å²) in [5, 5.41) is 5.37. The Morgan fingerprint density at radius 3 is 2.68 bits per heavy atom. The molecule has 6 heteroatoms. The number of aromatic nitrogens is 1. The lowest BCUT2D eigenvalue weighted by atomic mass is 10.2. The SMILES string of the molecule is CCOC(=O)Nc1cccc(C(=O)NCc2ccncc2)c1. The van der Waals surface area contributed by atoms with Gasteiger partial charge in [-0.3, -0.25) is 15.1 Å². The second kappa shape index (κ2) is 7.78. The van der Waals surface area contributed by atoms with Crippen LogP contribution in [-0.2, 0) is 11.3 Å². The van der Waals surface area contributed by atoms with E-state index in [4.69, 9.17) is 4.74 Å². The Kier molecular flexibility index (Phi) is 5.48. The van der Waals surface area contributed by atoms with Crippen LogP contribution in [0.5, 0.6) is 0 Å². The van der Waals surface area contributed by atoms with Crippen molar-refractivity contribution in [2.24, 2.45) is 0 Å². The summed E-state index contributed by atoms with van der Waals surface area (Å²) < 4.78 is 4.79. The Morgan fingerprint density at radius 2 is 1.95 bits per heavy atom. The minimum atomic E-state index is -0.545. The van der Waals surface area contributed by atoms with Crippen LogP contribution >= 0.6 is 0 Å². The topological polar surface area (TPSA) is 80.3 Å². The summed E-state index contributed by atoms with van der Waals surface area (Å²) >= 11 is 0. The lowest BCUT2D eigenvalue weighted by molar-refractivity contribution is 0.0950. The third-order valence-electron chi connectivity index (χ3n) is 2.85. The fraction of sp³-hybridized carbons (Fsp3) is 0.188. The van der Waals surface area contributed by atoms with Gasteiger partial charge in [-0.1, -0.05) is 6.07 Å². The van der Waals surface area contributed by atoms with Gasteiger partial charge in [-0.05, 0) is 42.8 Å². The van der Waals surface area contributed by atoms with Crippen LogP contribution in [0.2, 0.25) is 0 Å². The van der Waals surface area contributed by atoms with Crippen LogP contribution in [0.25, 0.3) is 0 Å². The van der Waals surface area contributed by atoms with E-state index >= 15 is 0 Å². The van der Waals surface area contributed by atoms with E-state index in [-0.39, 0.29) is 12.5 Å². The monoisotopic (exact) mass is 299 g/mol. The highest BCUT2D eigenvalue weighted by Crippen LogP contribution is 2.11. The van der Waals surface area contributed by atoms with Gasteiger partial charge in [-0.15, -0.1) is 0 Å². The van der Waals surface area contributed by atoms with E-state index in [1.807, 2.05) is 12.1 Å². The molecule has 114 valence electrons. The molecule has 0 atom stereocenters. The zero-order chi connectivity index (χ0) is 15.8. The number of carbonyl (C=O) groups excluding carboxylic acids is 2. The molecule has 2 amide bonds. The molecule has 0 saturated heterocycles. The zero-order valence-electron chi connectivity index (χ0n) is 12.2. The predicted molar refractivity (Wildman–Crippen MR) is 82.5 cm³/mol. The number of benzene rings is 1. The van der Waals surface area contributed by atoms with E-state index < -0.39 is 6.09 Å².